The first-order chi connectivity index (χ1) is 15.9. The fourth-order valence-electron chi connectivity index (χ4n) is 3.79. The normalized spacial score (nSPS) is 14.7. The monoisotopic (exact) mass is 450 g/mol. The summed E-state index contributed by atoms with van der Waals surface area (Å²) < 4.78 is 0. The molecule has 176 valence electrons. The van der Waals surface area contributed by atoms with Crippen molar-refractivity contribution in [2.45, 2.75) is 64.5 Å². The van der Waals surface area contributed by atoms with Crippen molar-refractivity contribution in [3.63, 3.8) is 0 Å². The second kappa shape index (κ2) is 12.0. The first kappa shape index (κ1) is 24.3. The van der Waals surface area contributed by atoms with Crippen LogP contribution < -0.4 is 21.3 Å². The Morgan fingerprint density at radius 3 is 2.33 bits per heavy atom. The molecule has 2 aromatic rings. The van der Waals surface area contributed by atoms with E-state index in [9.17, 15) is 14.4 Å². The molecule has 1 aliphatic rings. The van der Waals surface area contributed by atoms with Gasteiger partial charge in [0.1, 0.15) is 0 Å². The molecule has 1 aliphatic carbocycles. The van der Waals surface area contributed by atoms with Gasteiger partial charge in [0.2, 0.25) is 5.91 Å². The lowest BCUT2D eigenvalue weighted by Crippen LogP contribution is -2.36. The van der Waals surface area contributed by atoms with E-state index in [2.05, 4.69) is 21.3 Å². The molecule has 0 heterocycles. The minimum absolute atomic E-state index is 0.0524. The van der Waals surface area contributed by atoms with Crippen molar-refractivity contribution in [3.05, 3.63) is 59.7 Å². The van der Waals surface area contributed by atoms with Gasteiger partial charge in [0, 0.05) is 34.6 Å². The molecule has 7 heteroatoms. The number of hydrogen-bond donors (Lipinski definition) is 4. The zero-order valence-corrected chi connectivity index (χ0v) is 19.4. The molecule has 0 saturated heterocycles. The molecule has 3 rings (SSSR count). The molecule has 1 unspecified atom stereocenters. The minimum atomic E-state index is -0.228. The third-order valence-electron chi connectivity index (χ3n) is 5.94. The van der Waals surface area contributed by atoms with E-state index in [1.807, 2.05) is 13.8 Å². The van der Waals surface area contributed by atoms with Crippen LogP contribution in [0, 0.1) is 0 Å². The van der Waals surface area contributed by atoms with Crippen LogP contribution in [-0.2, 0) is 4.79 Å². The molecular weight excluding hydrogens is 416 g/mol. The van der Waals surface area contributed by atoms with Gasteiger partial charge in [0.15, 0.2) is 0 Å². The van der Waals surface area contributed by atoms with Crippen LogP contribution in [0.2, 0.25) is 0 Å². The van der Waals surface area contributed by atoms with E-state index in [4.69, 9.17) is 0 Å². The zero-order chi connectivity index (χ0) is 23.6. The lowest BCUT2D eigenvalue weighted by atomic mass is 9.95. The number of nitrogens with one attached hydrogen (secondary N) is 4. The van der Waals surface area contributed by atoms with Crippen molar-refractivity contribution in [2.75, 3.05) is 17.2 Å². The van der Waals surface area contributed by atoms with E-state index in [1.54, 1.807) is 48.5 Å². The van der Waals surface area contributed by atoms with E-state index in [1.165, 1.54) is 19.3 Å². The van der Waals surface area contributed by atoms with Crippen molar-refractivity contribution in [1.29, 1.82) is 0 Å². The summed E-state index contributed by atoms with van der Waals surface area (Å²) in [6.07, 6.45) is 6.54. The maximum absolute atomic E-state index is 12.4. The van der Waals surface area contributed by atoms with E-state index < -0.39 is 0 Å². The van der Waals surface area contributed by atoms with E-state index in [0.717, 1.165) is 24.9 Å². The standard InChI is InChI=1S/C26H34N4O3/c1-3-18(2)28-26(33)20-8-7-11-23(16-20)29-24(31)17-27-21-14-12-19(13-15-21)25(32)30-22-9-5-4-6-10-22/h7-8,11-16,18,22,27H,3-6,9-10,17H2,1-2H3,(H,28,33)(H,29,31)(H,30,32). The summed E-state index contributed by atoms with van der Waals surface area (Å²) in [5, 5.41) is 11.9. The minimum Gasteiger partial charge on any atom is -0.376 e. The maximum Gasteiger partial charge on any atom is 0.251 e. The largest absolute Gasteiger partial charge is 0.376 e. The first-order valence-electron chi connectivity index (χ1n) is 11.8. The highest BCUT2D eigenvalue weighted by Crippen LogP contribution is 2.18. The average Bonchev–Trinajstić information content (AvgIpc) is 2.83. The van der Waals surface area contributed by atoms with E-state index in [-0.39, 0.29) is 36.3 Å². The summed E-state index contributed by atoms with van der Waals surface area (Å²) in [5.74, 6) is -0.441. The van der Waals surface area contributed by atoms with Gasteiger partial charge in [-0.05, 0) is 68.7 Å². The SMILES string of the molecule is CCC(C)NC(=O)c1cccc(NC(=O)CNc2ccc(C(=O)NC3CCCCC3)cc2)c1. The number of benzene rings is 2. The highest BCUT2D eigenvalue weighted by atomic mass is 16.2. The van der Waals surface area contributed by atoms with E-state index >= 15 is 0 Å². The number of carbonyl (C=O) groups is 3. The molecule has 1 fully saturated rings. The number of amides is 3. The van der Waals surface area contributed by atoms with Crippen molar-refractivity contribution >= 4 is 29.1 Å². The smallest absolute Gasteiger partial charge is 0.251 e. The van der Waals surface area contributed by atoms with Crippen LogP contribution in [0.4, 0.5) is 11.4 Å². The van der Waals surface area contributed by atoms with Gasteiger partial charge in [-0.15, -0.1) is 0 Å². The fourth-order valence-corrected chi connectivity index (χ4v) is 3.79. The van der Waals surface area contributed by atoms with Crippen LogP contribution in [-0.4, -0.2) is 36.3 Å². The van der Waals surface area contributed by atoms with Crippen molar-refractivity contribution in [2.24, 2.45) is 0 Å². The molecule has 0 bridgehead atoms. The van der Waals surface area contributed by atoms with Gasteiger partial charge in [-0.3, -0.25) is 14.4 Å². The summed E-state index contributed by atoms with van der Waals surface area (Å²) in [7, 11) is 0. The number of carbonyl (C=O) groups excluding carboxylic acids is 3. The lowest BCUT2D eigenvalue weighted by Gasteiger charge is -2.22. The topological polar surface area (TPSA) is 99.3 Å². The second-order valence-electron chi connectivity index (χ2n) is 8.65. The predicted octanol–water partition coefficient (Wildman–Crippen LogP) is 4.33. The van der Waals surface area contributed by atoms with Gasteiger partial charge in [0.25, 0.3) is 11.8 Å². The van der Waals surface area contributed by atoms with Crippen molar-refractivity contribution in [1.82, 2.24) is 10.6 Å². The fraction of sp³-hybridized carbons (Fsp3) is 0.423. The Morgan fingerprint density at radius 1 is 0.909 bits per heavy atom. The van der Waals surface area contributed by atoms with Crippen LogP contribution in [0.5, 0.6) is 0 Å². The Kier molecular flexibility index (Phi) is 8.87. The molecule has 1 atom stereocenters. The van der Waals surface area contributed by atoms with Crippen molar-refractivity contribution in [3.8, 4) is 0 Å². The average molecular weight is 451 g/mol. The summed E-state index contributed by atoms with van der Waals surface area (Å²) in [6.45, 7) is 4.02. The Balaban J connectivity index is 1.47. The Hall–Kier alpha value is -3.35. The molecular formula is C26H34N4O3. The van der Waals surface area contributed by atoms with E-state index in [0.29, 0.717) is 16.8 Å². The second-order valence-corrected chi connectivity index (χ2v) is 8.65. The van der Waals surface area contributed by atoms with Gasteiger partial charge in [-0.1, -0.05) is 32.3 Å². The maximum atomic E-state index is 12.4. The zero-order valence-electron chi connectivity index (χ0n) is 19.4. The third kappa shape index (κ3) is 7.63. The number of anilines is 2. The van der Waals surface area contributed by atoms with Gasteiger partial charge in [0.05, 0.1) is 6.54 Å². The molecule has 0 spiro atoms. The van der Waals surface area contributed by atoms with Gasteiger partial charge >= 0.3 is 0 Å². The predicted molar refractivity (Wildman–Crippen MR) is 132 cm³/mol. The van der Waals surface area contributed by atoms with Crippen LogP contribution in [0.1, 0.15) is 73.1 Å². The molecule has 0 radical (unpaired) electrons. The quantitative estimate of drug-likeness (QED) is 0.457. The summed E-state index contributed by atoms with van der Waals surface area (Å²) in [5.41, 5.74) is 2.43. The third-order valence-corrected chi connectivity index (χ3v) is 5.94. The lowest BCUT2D eigenvalue weighted by molar-refractivity contribution is -0.114. The highest BCUT2D eigenvalue weighted by molar-refractivity contribution is 5.98. The Bertz CT molecular complexity index is 952. The summed E-state index contributed by atoms with van der Waals surface area (Å²) in [6, 6.07) is 14.3. The van der Waals surface area contributed by atoms with Crippen molar-refractivity contribution < 1.29 is 14.4 Å². The summed E-state index contributed by atoms with van der Waals surface area (Å²) >= 11 is 0. The van der Waals surface area contributed by atoms with Gasteiger partial charge in [-0.2, -0.15) is 0 Å². The molecule has 0 aliphatic heterocycles. The number of rotatable bonds is 9. The molecule has 2 aromatic carbocycles. The molecule has 3 amide bonds. The molecule has 33 heavy (non-hydrogen) atoms. The molecule has 0 aromatic heterocycles. The van der Waals surface area contributed by atoms with Gasteiger partial charge < -0.3 is 21.3 Å². The Labute approximate surface area is 195 Å². The highest BCUT2D eigenvalue weighted by Gasteiger charge is 2.16. The molecule has 4 N–H and O–H groups in total. The van der Waals surface area contributed by atoms with Crippen LogP contribution in [0.15, 0.2) is 48.5 Å². The molecule has 1 saturated carbocycles. The molecule has 7 nitrogen and oxygen atoms in total. The van der Waals surface area contributed by atoms with Crippen LogP contribution in [0.25, 0.3) is 0 Å². The first-order valence-corrected chi connectivity index (χ1v) is 11.8. The van der Waals surface area contributed by atoms with Gasteiger partial charge in [-0.25, -0.2) is 0 Å². The summed E-state index contributed by atoms with van der Waals surface area (Å²) in [4.78, 5) is 37.1. The van der Waals surface area contributed by atoms with Crippen LogP contribution >= 0.6 is 0 Å². The van der Waals surface area contributed by atoms with Crippen LogP contribution in [0.3, 0.4) is 0 Å². The Morgan fingerprint density at radius 2 is 1.64 bits per heavy atom. The number of hydrogen-bond acceptors (Lipinski definition) is 4.